The fraction of sp³-hybridized carbons (Fsp3) is 0.556. The van der Waals surface area contributed by atoms with Crippen LogP contribution < -0.4 is 0 Å². The third-order valence-electron chi connectivity index (χ3n) is 6.11. The van der Waals surface area contributed by atoms with E-state index < -0.39 is 10.0 Å². The molecule has 1 saturated heterocycles. The fourth-order valence-corrected chi connectivity index (χ4v) is 6.02. The van der Waals surface area contributed by atoms with E-state index >= 15 is 0 Å². The molecule has 0 bridgehead atoms. The summed E-state index contributed by atoms with van der Waals surface area (Å²) in [4.78, 5) is 2.21. The van der Waals surface area contributed by atoms with E-state index in [9.17, 15) is 8.42 Å². The summed E-state index contributed by atoms with van der Waals surface area (Å²) in [5.41, 5.74) is 2.40. The Morgan fingerprint density at radius 2 is 1.93 bits per heavy atom. The van der Waals surface area contributed by atoms with E-state index in [-0.39, 0.29) is 5.41 Å². The summed E-state index contributed by atoms with van der Waals surface area (Å²) in [7, 11) is -1.00. The lowest BCUT2D eigenvalue weighted by atomic mass is 9.58. The maximum atomic E-state index is 11.7. The Morgan fingerprint density at radius 3 is 2.63 bits per heavy atom. The minimum Gasteiger partial charge on any atom is -0.295 e. The van der Waals surface area contributed by atoms with Gasteiger partial charge >= 0.3 is 0 Å². The van der Waals surface area contributed by atoms with Gasteiger partial charge in [0.15, 0.2) is 5.82 Å². The zero-order chi connectivity index (χ0) is 19.0. The molecule has 0 amide bonds. The van der Waals surface area contributed by atoms with E-state index in [1.165, 1.54) is 11.8 Å². The quantitative estimate of drug-likeness (QED) is 0.761. The van der Waals surface area contributed by atoms with E-state index in [4.69, 9.17) is 11.6 Å². The Hall–Kier alpha value is -1.48. The summed E-state index contributed by atoms with van der Waals surface area (Å²) in [6.07, 6.45) is 3.22. The second kappa shape index (κ2) is 5.76. The van der Waals surface area contributed by atoms with Gasteiger partial charge in [0.2, 0.25) is 10.0 Å². The zero-order valence-corrected chi connectivity index (χ0v) is 17.0. The Morgan fingerprint density at radius 1 is 1.19 bits per heavy atom. The number of fused-ring (bicyclic) bond motifs is 3. The molecule has 1 saturated carbocycles. The number of hydrogen-bond acceptors (Lipinski definition) is 5. The van der Waals surface area contributed by atoms with Crippen molar-refractivity contribution in [3.8, 4) is 5.69 Å². The van der Waals surface area contributed by atoms with Gasteiger partial charge in [0.25, 0.3) is 0 Å². The highest BCUT2D eigenvalue weighted by Crippen LogP contribution is 2.56. The van der Waals surface area contributed by atoms with Gasteiger partial charge in [-0.2, -0.15) is 0 Å². The van der Waals surface area contributed by atoms with Crippen molar-refractivity contribution in [1.82, 2.24) is 24.0 Å². The summed E-state index contributed by atoms with van der Waals surface area (Å²) in [5.74, 6) is 2.26. The SMILES string of the molecule is CN1Cc2cc(Cl)ccc2-n2c(nnc2C2CC3(C2)CN(S(C)(=O)=O)C3)C1. The van der Waals surface area contributed by atoms with Crippen LogP contribution in [0.4, 0.5) is 0 Å². The van der Waals surface area contributed by atoms with Gasteiger partial charge < -0.3 is 0 Å². The predicted molar refractivity (Wildman–Crippen MR) is 102 cm³/mol. The van der Waals surface area contributed by atoms with Crippen molar-refractivity contribution in [2.45, 2.75) is 31.8 Å². The van der Waals surface area contributed by atoms with Crippen molar-refractivity contribution in [3.05, 3.63) is 40.4 Å². The maximum absolute atomic E-state index is 11.7. The monoisotopic (exact) mass is 407 g/mol. The van der Waals surface area contributed by atoms with Gasteiger partial charge in [-0.3, -0.25) is 9.47 Å². The van der Waals surface area contributed by atoms with Gasteiger partial charge in [-0.05, 0) is 49.1 Å². The molecule has 144 valence electrons. The second-order valence-electron chi connectivity index (χ2n) is 8.39. The van der Waals surface area contributed by atoms with E-state index in [1.807, 2.05) is 12.1 Å². The summed E-state index contributed by atoms with van der Waals surface area (Å²) in [5, 5.41) is 9.73. The fourth-order valence-electron chi connectivity index (χ4n) is 4.81. The molecule has 0 unspecified atom stereocenters. The van der Waals surface area contributed by atoms with Crippen molar-refractivity contribution in [2.75, 3.05) is 26.4 Å². The molecule has 3 heterocycles. The number of hydrogen-bond donors (Lipinski definition) is 0. The molecule has 0 radical (unpaired) electrons. The van der Waals surface area contributed by atoms with Crippen LogP contribution in [0.1, 0.15) is 36.0 Å². The molecule has 2 fully saturated rings. The van der Waals surface area contributed by atoms with Gasteiger partial charge in [0.05, 0.1) is 18.5 Å². The smallest absolute Gasteiger partial charge is 0.211 e. The number of benzene rings is 1. The normalized spacial score (nSPS) is 22.6. The molecule has 9 heteroatoms. The summed E-state index contributed by atoms with van der Waals surface area (Å²) in [6, 6.07) is 5.98. The molecule has 1 aromatic heterocycles. The number of sulfonamides is 1. The van der Waals surface area contributed by atoms with Crippen LogP contribution in [0.3, 0.4) is 0 Å². The standard InChI is InChI=1S/C18H22ClN5O2S/c1-22-8-12-5-14(19)3-4-15(12)24-16(9-22)20-21-17(24)13-6-18(7-13)10-23(11-18)27(2,25)26/h3-5,13H,6-11H2,1-2H3. The molecule has 1 spiro atoms. The molecule has 0 N–H and O–H groups in total. The second-order valence-corrected chi connectivity index (χ2v) is 10.8. The number of nitrogens with zero attached hydrogens (tertiary/aromatic N) is 5. The molecule has 2 aliphatic heterocycles. The highest BCUT2D eigenvalue weighted by molar-refractivity contribution is 7.88. The lowest BCUT2D eigenvalue weighted by Gasteiger charge is -2.57. The van der Waals surface area contributed by atoms with Crippen molar-refractivity contribution in [3.63, 3.8) is 0 Å². The van der Waals surface area contributed by atoms with Crippen molar-refractivity contribution < 1.29 is 8.42 Å². The van der Waals surface area contributed by atoms with Crippen LogP contribution in [0.15, 0.2) is 18.2 Å². The molecule has 3 aliphatic rings. The van der Waals surface area contributed by atoms with Crippen LogP contribution in [0.25, 0.3) is 5.69 Å². The highest BCUT2D eigenvalue weighted by atomic mass is 35.5. The molecule has 1 aromatic carbocycles. The van der Waals surface area contributed by atoms with Gasteiger partial charge in [-0.1, -0.05) is 11.6 Å². The Labute approximate surface area is 164 Å². The van der Waals surface area contributed by atoms with Crippen LogP contribution in [0, 0.1) is 5.41 Å². The molecule has 5 rings (SSSR count). The third kappa shape index (κ3) is 2.81. The number of aromatic nitrogens is 3. The Kier molecular flexibility index (Phi) is 3.76. The average Bonchev–Trinajstić information content (AvgIpc) is 2.80. The number of halogens is 1. The first-order valence-corrected chi connectivity index (χ1v) is 11.3. The van der Waals surface area contributed by atoms with Gasteiger partial charge in [-0.15, -0.1) is 10.2 Å². The van der Waals surface area contributed by atoms with E-state index in [2.05, 4.69) is 32.8 Å². The van der Waals surface area contributed by atoms with Gasteiger partial charge in [-0.25, -0.2) is 12.7 Å². The van der Waals surface area contributed by atoms with Crippen LogP contribution >= 0.6 is 11.6 Å². The van der Waals surface area contributed by atoms with E-state index in [0.29, 0.717) is 19.0 Å². The largest absolute Gasteiger partial charge is 0.295 e. The Balaban J connectivity index is 1.44. The Bertz CT molecular complexity index is 1020. The lowest BCUT2D eigenvalue weighted by molar-refractivity contribution is -0.0278. The van der Waals surface area contributed by atoms with E-state index in [1.54, 1.807) is 4.31 Å². The molecule has 0 atom stereocenters. The summed E-state index contributed by atoms with van der Waals surface area (Å²) < 4.78 is 27.1. The molecule has 1 aliphatic carbocycles. The van der Waals surface area contributed by atoms with Crippen LogP contribution in [-0.4, -0.2) is 58.8 Å². The predicted octanol–water partition coefficient (Wildman–Crippen LogP) is 2.01. The molecule has 2 aromatic rings. The maximum Gasteiger partial charge on any atom is 0.211 e. The van der Waals surface area contributed by atoms with Crippen LogP contribution in [-0.2, 0) is 23.1 Å². The van der Waals surface area contributed by atoms with Gasteiger partial charge in [0, 0.05) is 30.6 Å². The minimum atomic E-state index is -3.07. The zero-order valence-electron chi connectivity index (χ0n) is 15.4. The molecular weight excluding hydrogens is 386 g/mol. The first-order valence-electron chi connectivity index (χ1n) is 9.11. The number of rotatable bonds is 2. The summed E-state index contributed by atoms with van der Waals surface area (Å²) in [6.45, 7) is 2.83. The average molecular weight is 408 g/mol. The highest BCUT2D eigenvalue weighted by Gasteiger charge is 2.56. The lowest BCUT2D eigenvalue weighted by Crippen LogP contribution is -2.63. The first kappa shape index (κ1) is 17.6. The molecular formula is C18H22ClN5O2S. The summed E-state index contributed by atoms with van der Waals surface area (Å²) >= 11 is 6.22. The minimum absolute atomic E-state index is 0.129. The van der Waals surface area contributed by atoms with Crippen LogP contribution in [0.5, 0.6) is 0 Å². The van der Waals surface area contributed by atoms with Gasteiger partial charge in [0.1, 0.15) is 5.82 Å². The van der Waals surface area contributed by atoms with Crippen molar-refractivity contribution in [1.29, 1.82) is 0 Å². The third-order valence-corrected chi connectivity index (χ3v) is 7.54. The van der Waals surface area contributed by atoms with Crippen molar-refractivity contribution in [2.24, 2.45) is 5.41 Å². The molecule has 27 heavy (non-hydrogen) atoms. The first-order chi connectivity index (χ1) is 12.7. The van der Waals surface area contributed by atoms with E-state index in [0.717, 1.165) is 48.3 Å². The topological polar surface area (TPSA) is 71.3 Å². The molecule has 7 nitrogen and oxygen atoms in total. The van der Waals surface area contributed by atoms with Crippen molar-refractivity contribution >= 4 is 21.6 Å². The van der Waals surface area contributed by atoms with Crippen LogP contribution in [0.2, 0.25) is 5.02 Å².